The van der Waals surface area contributed by atoms with Crippen LogP contribution >= 0.6 is 0 Å². The van der Waals surface area contributed by atoms with Gasteiger partial charge in [-0.1, -0.05) is 25.1 Å². The van der Waals surface area contributed by atoms with E-state index in [1.165, 1.54) is 13.3 Å². The fourth-order valence-corrected chi connectivity index (χ4v) is 3.22. The number of hydrogen-bond acceptors (Lipinski definition) is 7. The molecule has 192 valence electrons. The molecular formula is C28H29N3O6. The van der Waals surface area contributed by atoms with Crippen LogP contribution in [0, 0.1) is 6.92 Å². The Balaban J connectivity index is 1.53. The van der Waals surface area contributed by atoms with E-state index in [1.807, 2.05) is 26.0 Å². The number of amides is 2. The summed E-state index contributed by atoms with van der Waals surface area (Å²) in [6.45, 7) is 4.21. The third-order valence-corrected chi connectivity index (χ3v) is 5.16. The van der Waals surface area contributed by atoms with Crippen molar-refractivity contribution in [1.82, 2.24) is 10.7 Å². The SMILES string of the molecule is CCCOc1ccc(C(=O)Oc2ccc(C=NNC(=O)CNC(=O)c3ccccc3C)cc2OC)cc1. The fourth-order valence-electron chi connectivity index (χ4n) is 3.22. The topological polar surface area (TPSA) is 115 Å². The molecule has 0 aliphatic rings. The van der Waals surface area contributed by atoms with Gasteiger partial charge in [-0.15, -0.1) is 0 Å². The Morgan fingerprint density at radius 1 is 0.973 bits per heavy atom. The van der Waals surface area contributed by atoms with Gasteiger partial charge in [0, 0.05) is 5.56 Å². The minimum Gasteiger partial charge on any atom is -0.494 e. The zero-order chi connectivity index (χ0) is 26.6. The second-order valence-corrected chi connectivity index (χ2v) is 7.96. The molecule has 9 heteroatoms. The molecule has 0 aromatic heterocycles. The summed E-state index contributed by atoms with van der Waals surface area (Å²) in [5.74, 6) is -0.132. The summed E-state index contributed by atoms with van der Waals surface area (Å²) in [4.78, 5) is 36.8. The molecule has 0 fully saturated rings. The first kappa shape index (κ1) is 26.9. The van der Waals surface area contributed by atoms with Crippen molar-refractivity contribution in [2.24, 2.45) is 5.10 Å². The first-order valence-electron chi connectivity index (χ1n) is 11.7. The monoisotopic (exact) mass is 503 g/mol. The molecule has 37 heavy (non-hydrogen) atoms. The van der Waals surface area contributed by atoms with Gasteiger partial charge in [-0.25, -0.2) is 10.2 Å². The number of hydrogen-bond donors (Lipinski definition) is 2. The van der Waals surface area contributed by atoms with Crippen molar-refractivity contribution in [3.8, 4) is 17.2 Å². The lowest BCUT2D eigenvalue weighted by atomic mass is 10.1. The largest absolute Gasteiger partial charge is 0.494 e. The molecule has 3 aromatic carbocycles. The number of nitrogens with zero attached hydrogens (tertiary/aromatic N) is 1. The zero-order valence-electron chi connectivity index (χ0n) is 20.9. The quantitative estimate of drug-likeness (QED) is 0.178. The third kappa shape index (κ3) is 7.93. The fraction of sp³-hybridized carbons (Fsp3) is 0.214. The number of hydrazone groups is 1. The van der Waals surface area contributed by atoms with Gasteiger partial charge in [0.25, 0.3) is 11.8 Å². The summed E-state index contributed by atoms with van der Waals surface area (Å²) in [7, 11) is 1.45. The average molecular weight is 504 g/mol. The van der Waals surface area contributed by atoms with Gasteiger partial charge in [-0.2, -0.15) is 5.10 Å². The Hall–Kier alpha value is -4.66. The molecule has 0 spiro atoms. The average Bonchev–Trinajstić information content (AvgIpc) is 2.91. The number of aryl methyl sites for hydroxylation is 1. The van der Waals surface area contributed by atoms with Crippen molar-refractivity contribution < 1.29 is 28.6 Å². The van der Waals surface area contributed by atoms with Crippen molar-refractivity contribution in [1.29, 1.82) is 0 Å². The molecular weight excluding hydrogens is 474 g/mol. The summed E-state index contributed by atoms with van der Waals surface area (Å²) in [6, 6.07) is 18.6. The van der Waals surface area contributed by atoms with Gasteiger partial charge < -0.3 is 19.5 Å². The molecule has 0 bridgehead atoms. The number of ether oxygens (including phenoxy) is 3. The lowest BCUT2D eigenvalue weighted by molar-refractivity contribution is -0.120. The van der Waals surface area contributed by atoms with Crippen molar-refractivity contribution in [2.75, 3.05) is 20.3 Å². The van der Waals surface area contributed by atoms with Crippen LogP contribution in [0.25, 0.3) is 0 Å². The van der Waals surface area contributed by atoms with E-state index < -0.39 is 11.9 Å². The molecule has 2 N–H and O–H groups in total. The molecule has 0 aliphatic carbocycles. The normalized spacial score (nSPS) is 10.6. The summed E-state index contributed by atoms with van der Waals surface area (Å²) < 4.78 is 16.3. The van der Waals surface area contributed by atoms with Crippen molar-refractivity contribution in [2.45, 2.75) is 20.3 Å². The van der Waals surface area contributed by atoms with Crippen LogP contribution in [-0.2, 0) is 4.79 Å². The molecule has 3 aromatic rings. The van der Waals surface area contributed by atoms with Crippen LogP contribution < -0.4 is 25.0 Å². The molecule has 0 heterocycles. The highest BCUT2D eigenvalue weighted by atomic mass is 16.6. The number of carbonyl (C=O) groups is 3. The highest BCUT2D eigenvalue weighted by Gasteiger charge is 2.13. The number of carbonyl (C=O) groups excluding carboxylic acids is 3. The van der Waals surface area contributed by atoms with Gasteiger partial charge >= 0.3 is 5.97 Å². The van der Waals surface area contributed by atoms with E-state index in [0.29, 0.717) is 34.8 Å². The minimum atomic E-state index is -0.540. The van der Waals surface area contributed by atoms with Crippen LogP contribution in [0.5, 0.6) is 17.2 Å². The van der Waals surface area contributed by atoms with Crippen molar-refractivity contribution in [3.05, 3.63) is 89.0 Å². The van der Waals surface area contributed by atoms with E-state index in [-0.39, 0.29) is 18.2 Å². The predicted octanol–water partition coefficient (Wildman–Crippen LogP) is 3.89. The van der Waals surface area contributed by atoms with Gasteiger partial charge in [0.05, 0.1) is 32.0 Å². The minimum absolute atomic E-state index is 0.228. The summed E-state index contributed by atoms with van der Waals surface area (Å²) in [6.07, 6.45) is 2.30. The second kappa shape index (κ2) is 13.4. The van der Waals surface area contributed by atoms with Gasteiger partial charge in [0.15, 0.2) is 11.5 Å². The highest BCUT2D eigenvalue weighted by Crippen LogP contribution is 2.28. The molecule has 0 atom stereocenters. The molecule has 0 aliphatic heterocycles. The number of nitrogens with one attached hydrogen (secondary N) is 2. The molecule has 9 nitrogen and oxygen atoms in total. The molecule has 0 unspecified atom stereocenters. The number of benzene rings is 3. The number of esters is 1. The van der Waals surface area contributed by atoms with Crippen LogP contribution in [0.4, 0.5) is 0 Å². The zero-order valence-corrected chi connectivity index (χ0v) is 20.9. The van der Waals surface area contributed by atoms with Gasteiger partial charge in [-0.05, 0) is 73.0 Å². The maximum absolute atomic E-state index is 12.5. The van der Waals surface area contributed by atoms with Gasteiger partial charge in [-0.3, -0.25) is 9.59 Å². The van der Waals surface area contributed by atoms with Crippen LogP contribution in [0.15, 0.2) is 71.8 Å². The first-order chi connectivity index (χ1) is 17.9. The highest BCUT2D eigenvalue weighted by molar-refractivity contribution is 5.97. The summed E-state index contributed by atoms with van der Waals surface area (Å²) >= 11 is 0. The maximum atomic E-state index is 12.5. The summed E-state index contributed by atoms with van der Waals surface area (Å²) in [5.41, 5.74) is 4.64. The smallest absolute Gasteiger partial charge is 0.343 e. The third-order valence-electron chi connectivity index (χ3n) is 5.16. The molecule has 0 radical (unpaired) electrons. The Morgan fingerprint density at radius 2 is 1.73 bits per heavy atom. The standard InChI is InChI=1S/C28H29N3O6/c1-4-15-36-22-12-10-21(11-13-22)28(34)37-24-14-9-20(16-25(24)35-3)17-30-31-26(32)18-29-27(33)23-8-6-5-7-19(23)2/h5-14,16-17H,4,15,18H2,1-3H3,(H,29,33)(H,31,32). The van der Waals surface area contributed by atoms with Gasteiger partial charge in [0.2, 0.25) is 0 Å². The van der Waals surface area contributed by atoms with Crippen LogP contribution in [-0.4, -0.2) is 44.3 Å². The molecule has 3 rings (SSSR count). The lowest BCUT2D eigenvalue weighted by Crippen LogP contribution is -2.35. The Kier molecular flexibility index (Phi) is 9.78. The number of rotatable bonds is 11. The van der Waals surface area contributed by atoms with Crippen molar-refractivity contribution >= 4 is 24.0 Å². The second-order valence-electron chi connectivity index (χ2n) is 7.96. The van der Waals surface area contributed by atoms with E-state index in [0.717, 1.165) is 12.0 Å². The van der Waals surface area contributed by atoms with Crippen LogP contribution in [0.1, 0.15) is 45.2 Å². The first-order valence-corrected chi connectivity index (χ1v) is 11.7. The lowest BCUT2D eigenvalue weighted by Gasteiger charge is -2.10. The van der Waals surface area contributed by atoms with E-state index in [2.05, 4.69) is 15.8 Å². The molecule has 0 saturated heterocycles. The van der Waals surface area contributed by atoms with Crippen LogP contribution in [0.2, 0.25) is 0 Å². The molecule has 2 amide bonds. The van der Waals surface area contributed by atoms with E-state index in [9.17, 15) is 14.4 Å². The maximum Gasteiger partial charge on any atom is 0.343 e. The Labute approximate surface area is 215 Å². The number of methoxy groups -OCH3 is 1. The predicted molar refractivity (Wildman–Crippen MR) is 139 cm³/mol. The van der Waals surface area contributed by atoms with E-state index in [4.69, 9.17) is 14.2 Å². The molecule has 0 saturated carbocycles. The Morgan fingerprint density at radius 3 is 2.43 bits per heavy atom. The van der Waals surface area contributed by atoms with Crippen LogP contribution in [0.3, 0.4) is 0 Å². The summed E-state index contributed by atoms with van der Waals surface area (Å²) in [5, 5.41) is 6.46. The van der Waals surface area contributed by atoms with E-state index >= 15 is 0 Å². The van der Waals surface area contributed by atoms with Crippen molar-refractivity contribution in [3.63, 3.8) is 0 Å². The van der Waals surface area contributed by atoms with E-state index in [1.54, 1.807) is 54.6 Å². The Bertz CT molecular complexity index is 1270. The van der Waals surface area contributed by atoms with Gasteiger partial charge in [0.1, 0.15) is 5.75 Å².